The highest BCUT2D eigenvalue weighted by Gasteiger charge is 2.43. The summed E-state index contributed by atoms with van der Waals surface area (Å²) in [4.78, 5) is 12.6. The van der Waals surface area contributed by atoms with Gasteiger partial charge in [-0.3, -0.25) is 4.57 Å². The monoisotopic (exact) mass is 310 g/mol. The van der Waals surface area contributed by atoms with E-state index in [-0.39, 0.29) is 6.42 Å². The minimum absolute atomic E-state index is 0.289. The molecule has 2 aromatic heterocycles. The number of aliphatic hydroxyl groups excluding tert-OH is 4. The molecule has 1 aliphatic heterocycles. The summed E-state index contributed by atoms with van der Waals surface area (Å²) in [5.74, 6) is 0.441. The fraction of sp³-hybridized carbons (Fsp3) is 0.615. The normalized spacial score (nSPS) is 30.0. The quantitative estimate of drug-likeness (QED) is 0.528. The Hall–Kier alpha value is -1.65. The van der Waals surface area contributed by atoms with Crippen LogP contribution < -0.4 is 0 Å². The first kappa shape index (κ1) is 15.3. The van der Waals surface area contributed by atoms with Gasteiger partial charge < -0.3 is 25.2 Å². The molecule has 0 radical (unpaired) electrons. The number of aromatic nitrogens is 4. The SMILES string of the molecule is CC(O)Cc1ncc2ncn(C3OC(CO)C(O)C3O)c2n1. The smallest absolute Gasteiger partial charge is 0.165 e. The fourth-order valence-corrected chi connectivity index (χ4v) is 2.52. The molecule has 0 amide bonds. The Balaban J connectivity index is 1.97. The van der Waals surface area contributed by atoms with E-state index in [9.17, 15) is 15.3 Å². The van der Waals surface area contributed by atoms with Gasteiger partial charge in [0.05, 0.1) is 25.2 Å². The fourth-order valence-electron chi connectivity index (χ4n) is 2.52. The Morgan fingerprint density at radius 3 is 2.73 bits per heavy atom. The number of nitrogens with zero attached hydrogens (tertiary/aromatic N) is 4. The van der Waals surface area contributed by atoms with E-state index in [0.29, 0.717) is 17.0 Å². The van der Waals surface area contributed by atoms with Gasteiger partial charge in [-0.25, -0.2) is 15.0 Å². The van der Waals surface area contributed by atoms with Crippen LogP contribution in [0.15, 0.2) is 12.5 Å². The molecule has 1 fully saturated rings. The van der Waals surface area contributed by atoms with Crippen molar-refractivity contribution in [1.82, 2.24) is 19.5 Å². The van der Waals surface area contributed by atoms with E-state index < -0.39 is 37.3 Å². The molecule has 3 rings (SSSR count). The largest absolute Gasteiger partial charge is 0.394 e. The van der Waals surface area contributed by atoms with Crippen LogP contribution in [0.3, 0.4) is 0 Å². The highest BCUT2D eigenvalue weighted by molar-refractivity contribution is 5.69. The van der Waals surface area contributed by atoms with Gasteiger partial charge >= 0.3 is 0 Å². The highest BCUT2D eigenvalue weighted by Crippen LogP contribution is 2.31. The Morgan fingerprint density at radius 2 is 2.09 bits per heavy atom. The number of imidazole rings is 1. The molecule has 1 saturated heterocycles. The third-order valence-electron chi connectivity index (χ3n) is 3.64. The molecule has 5 unspecified atom stereocenters. The van der Waals surface area contributed by atoms with Crippen molar-refractivity contribution in [2.75, 3.05) is 6.61 Å². The van der Waals surface area contributed by atoms with E-state index in [0.717, 1.165) is 0 Å². The molecule has 22 heavy (non-hydrogen) atoms. The molecule has 0 aromatic carbocycles. The van der Waals surface area contributed by atoms with Crippen molar-refractivity contribution in [2.24, 2.45) is 0 Å². The maximum atomic E-state index is 10.1. The number of hydrogen-bond acceptors (Lipinski definition) is 8. The van der Waals surface area contributed by atoms with E-state index in [4.69, 9.17) is 9.84 Å². The topological polar surface area (TPSA) is 134 Å². The molecule has 0 aliphatic carbocycles. The third kappa shape index (κ3) is 2.57. The Morgan fingerprint density at radius 1 is 1.32 bits per heavy atom. The average molecular weight is 310 g/mol. The molecule has 1 aliphatic rings. The van der Waals surface area contributed by atoms with Crippen LogP contribution in [0, 0.1) is 0 Å². The van der Waals surface area contributed by atoms with Crippen LogP contribution in [0.1, 0.15) is 19.0 Å². The summed E-state index contributed by atoms with van der Waals surface area (Å²) in [6.45, 7) is 1.24. The molecular formula is C13H18N4O5. The van der Waals surface area contributed by atoms with Gasteiger partial charge in [0.15, 0.2) is 11.9 Å². The second kappa shape index (κ2) is 5.86. The highest BCUT2D eigenvalue weighted by atomic mass is 16.6. The van der Waals surface area contributed by atoms with Crippen molar-refractivity contribution >= 4 is 11.2 Å². The predicted octanol–water partition coefficient (Wildman–Crippen LogP) is -1.64. The summed E-state index contributed by atoms with van der Waals surface area (Å²) in [6, 6.07) is 0. The number of hydrogen-bond donors (Lipinski definition) is 4. The molecule has 120 valence electrons. The Bertz CT molecular complexity index is 661. The summed E-state index contributed by atoms with van der Waals surface area (Å²) >= 11 is 0. The van der Waals surface area contributed by atoms with E-state index in [2.05, 4.69) is 15.0 Å². The number of rotatable bonds is 4. The number of fused-ring (bicyclic) bond motifs is 1. The predicted molar refractivity (Wildman–Crippen MR) is 73.7 cm³/mol. The molecule has 4 N–H and O–H groups in total. The first-order valence-corrected chi connectivity index (χ1v) is 7.00. The molecule has 0 bridgehead atoms. The molecule has 5 atom stereocenters. The number of ether oxygens (including phenoxy) is 1. The summed E-state index contributed by atoms with van der Waals surface area (Å²) in [5, 5.41) is 38.5. The van der Waals surface area contributed by atoms with Gasteiger partial charge in [0, 0.05) is 6.42 Å². The molecule has 2 aromatic rings. The average Bonchev–Trinajstić information content (AvgIpc) is 3.01. The summed E-state index contributed by atoms with van der Waals surface area (Å²) in [5.41, 5.74) is 0.938. The van der Waals surface area contributed by atoms with Crippen LogP contribution in [0.5, 0.6) is 0 Å². The van der Waals surface area contributed by atoms with E-state index in [1.165, 1.54) is 17.1 Å². The van der Waals surface area contributed by atoms with Gasteiger partial charge in [-0.1, -0.05) is 0 Å². The van der Waals surface area contributed by atoms with Gasteiger partial charge in [-0.15, -0.1) is 0 Å². The van der Waals surface area contributed by atoms with Gasteiger partial charge in [0.1, 0.15) is 29.7 Å². The third-order valence-corrected chi connectivity index (χ3v) is 3.64. The summed E-state index contributed by atoms with van der Waals surface area (Å²) in [7, 11) is 0. The van der Waals surface area contributed by atoms with Gasteiger partial charge in [-0.05, 0) is 6.92 Å². The first-order chi connectivity index (χ1) is 10.5. The molecule has 9 heteroatoms. The standard InChI is InChI=1S/C13H18N4O5/c1-6(19)2-9-14-3-7-12(16-9)17(5-15-7)13-11(21)10(20)8(4-18)22-13/h3,5-6,8,10-11,13,18-21H,2,4H2,1H3. The van der Waals surface area contributed by atoms with Crippen molar-refractivity contribution in [3.8, 4) is 0 Å². The second-order valence-corrected chi connectivity index (χ2v) is 5.43. The van der Waals surface area contributed by atoms with E-state index in [1.54, 1.807) is 6.92 Å². The zero-order valence-electron chi connectivity index (χ0n) is 11.9. The molecule has 0 saturated carbocycles. The molecule has 0 spiro atoms. The lowest BCUT2D eigenvalue weighted by Gasteiger charge is -2.16. The van der Waals surface area contributed by atoms with Crippen molar-refractivity contribution in [3.05, 3.63) is 18.3 Å². The minimum Gasteiger partial charge on any atom is -0.394 e. The van der Waals surface area contributed by atoms with Gasteiger partial charge in [-0.2, -0.15) is 0 Å². The van der Waals surface area contributed by atoms with Crippen molar-refractivity contribution in [1.29, 1.82) is 0 Å². The first-order valence-electron chi connectivity index (χ1n) is 7.00. The van der Waals surface area contributed by atoms with Crippen molar-refractivity contribution in [2.45, 2.75) is 44.0 Å². The molecule has 9 nitrogen and oxygen atoms in total. The van der Waals surface area contributed by atoms with Crippen LogP contribution in [-0.2, 0) is 11.2 Å². The van der Waals surface area contributed by atoms with E-state index >= 15 is 0 Å². The van der Waals surface area contributed by atoms with Crippen LogP contribution in [-0.4, -0.2) is 71.0 Å². The molecular weight excluding hydrogens is 292 g/mol. The number of aliphatic hydroxyl groups is 4. The molecule has 3 heterocycles. The lowest BCUT2D eigenvalue weighted by molar-refractivity contribution is -0.0511. The lowest BCUT2D eigenvalue weighted by atomic mass is 10.1. The Kier molecular flexibility index (Phi) is 4.06. The van der Waals surface area contributed by atoms with Crippen LogP contribution in [0.4, 0.5) is 0 Å². The summed E-state index contributed by atoms with van der Waals surface area (Å²) in [6.07, 6.45) is -1.48. The van der Waals surface area contributed by atoms with Crippen molar-refractivity contribution < 1.29 is 25.2 Å². The summed E-state index contributed by atoms with van der Waals surface area (Å²) < 4.78 is 6.96. The zero-order chi connectivity index (χ0) is 15.9. The zero-order valence-corrected chi connectivity index (χ0v) is 11.9. The Labute approximate surface area is 125 Å². The maximum Gasteiger partial charge on any atom is 0.165 e. The van der Waals surface area contributed by atoms with Crippen LogP contribution in [0.2, 0.25) is 0 Å². The maximum absolute atomic E-state index is 10.1. The van der Waals surface area contributed by atoms with Gasteiger partial charge in [0.25, 0.3) is 0 Å². The second-order valence-electron chi connectivity index (χ2n) is 5.43. The van der Waals surface area contributed by atoms with E-state index in [1.807, 2.05) is 0 Å². The minimum atomic E-state index is -1.20. The lowest BCUT2D eigenvalue weighted by Crippen LogP contribution is -2.33. The van der Waals surface area contributed by atoms with Crippen LogP contribution >= 0.6 is 0 Å². The van der Waals surface area contributed by atoms with Crippen molar-refractivity contribution in [3.63, 3.8) is 0 Å². The van der Waals surface area contributed by atoms with Crippen LogP contribution in [0.25, 0.3) is 11.2 Å². The van der Waals surface area contributed by atoms with Gasteiger partial charge in [0.2, 0.25) is 0 Å².